The average Bonchev–Trinajstić information content (AvgIpc) is 2.60. The molecule has 0 aliphatic carbocycles. The van der Waals surface area contributed by atoms with Gasteiger partial charge in [-0.25, -0.2) is 0 Å². The van der Waals surface area contributed by atoms with E-state index < -0.39 is 5.97 Å². The molecule has 7 heteroatoms. The number of hydrogen-bond acceptors (Lipinski definition) is 3. The Kier molecular flexibility index (Phi) is 7.75. The number of carbonyl (C=O) groups excluding carboxylic acids is 1. The monoisotopic (exact) mass is 395 g/mol. The Morgan fingerprint density at radius 3 is 2.38 bits per heavy atom. The van der Waals surface area contributed by atoms with E-state index >= 15 is 0 Å². The SMILES string of the molecule is O=C(O)CCC(=O)NCCc1cc(Cl)ccc1OCc1ccc(Cl)cc1. The second kappa shape index (κ2) is 10.0. The maximum absolute atomic E-state index is 11.6. The summed E-state index contributed by atoms with van der Waals surface area (Å²) in [5.74, 6) is -0.602. The lowest BCUT2D eigenvalue weighted by molar-refractivity contribution is -0.138. The van der Waals surface area contributed by atoms with E-state index in [1.54, 1.807) is 30.3 Å². The van der Waals surface area contributed by atoms with Crippen molar-refractivity contribution in [3.63, 3.8) is 0 Å². The van der Waals surface area contributed by atoms with Gasteiger partial charge in [0.1, 0.15) is 12.4 Å². The van der Waals surface area contributed by atoms with Crippen LogP contribution in [0.4, 0.5) is 0 Å². The number of ether oxygens (including phenoxy) is 1. The molecule has 0 fully saturated rings. The molecule has 0 saturated heterocycles. The van der Waals surface area contributed by atoms with E-state index in [4.69, 9.17) is 33.0 Å². The molecule has 0 aliphatic heterocycles. The molecule has 1 amide bonds. The van der Waals surface area contributed by atoms with Crippen LogP contribution in [-0.2, 0) is 22.6 Å². The minimum absolute atomic E-state index is 0.0369. The fourth-order valence-electron chi connectivity index (χ4n) is 2.27. The van der Waals surface area contributed by atoms with Crippen molar-refractivity contribution in [1.82, 2.24) is 5.32 Å². The van der Waals surface area contributed by atoms with Crippen molar-refractivity contribution < 1.29 is 19.4 Å². The van der Waals surface area contributed by atoms with Crippen LogP contribution >= 0.6 is 23.2 Å². The molecule has 138 valence electrons. The second-order valence-corrected chi connectivity index (χ2v) is 6.53. The number of benzene rings is 2. The Morgan fingerprint density at radius 2 is 1.69 bits per heavy atom. The van der Waals surface area contributed by atoms with Gasteiger partial charge in [0.25, 0.3) is 0 Å². The van der Waals surface area contributed by atoms with Crippen LogP contribution in [0.2, 0.25) is 10.0 Å². The van der Waals surface area contributed by atoms with Gasteiger partial charge in [-0.3, -0.25) is 9.59 Å². The fourth-order valence-corrected chi connectivity index (χ4v) is 2.59. The highest BCUT2D eigenvalue weighted by Gasteiger charge is 2.08. The predicted octanol–water partition coefficient (Wildman–Crippen LogP) is 4.10. The first-order valence-corrected chi connectivity index (χ1v) is 8.84. The Bertz CT molecular complexity index is 763. The summed E-state index contributed by atoms with van der Waals surface area (Å²) in [5, 5.41) is 12.5. The van der Waals surface area contributed by atoms with Gasteiger partial charge in [-0.05, 0) is 47.9 Å². The van der Waals surface area contributed by atoms with Crippen LogP contribution in [0.15, 0.2) is 42.5 Å². The van der Waals surface area contributed by atoms with E-state index in [1.165, 1.54) is 0 Å². The number of carbonyl (C=O) groups is 2. The van der Waals surface area contributed by atoms with Crippen molar-refractivity contribution in [3.05, 3.63) is 63.6 Å². The third-order valence-electron chi connectivity index (χ3n) is 3.61. The quantitative estimate of drug-likeness (QED) is 0.669. The molecule has 2 aromatic rings. The molecule has 0 heterocycles. The number of aliphatic carboxylic acids is 1. The van der Waals surface area contributed by atoms with E-state index in [0.717, 1.165) is 11.1 Å². The topological polar surface area (TPSA) is 75.6 Å². The molecule has 0 aromatic heterocycles. The van der Waals surface area contributed by atoms with Crippen molar-refractivity contribution >= 4 is 35.1 Å². The van der Waals surface area contributed by atoms with Crippen molar-refractivity contribution in [2.45, 2.75) is 25.9 Å². The van der Waals surface area contributed by atoms with Gasteiger partial charge < -0.3 is 15.2 Å². The van der Waals surface area contributed by atoms with Crippen LogP contribution in [0.5, 0.6) is 5.75 Å². The summed E-state index contributed by atoms with van der Waals surface area (Å²) >= 11 is 11.9. The van der Waals surface area contributed by atoms with E-state index in [0.29, 0.717) is 35.4 Å². The van der Waals surface area contributed by atoms with Gasteiger partial charge >= 0.3 is 5.97 Å². The lowest BCUT2D eigenvalue weighted by Crippen LogP contribution is -2.26. The van der Waals surface area contributed by atoms with Crippen LogP contribution in [0.25, 0.3) is 0 Å². The molecule has 0 unspecified atom stereocenters. The zero-order valence-corrected chi connectivity index (χ0v) is 15.5. The number of carboxylic acid groups (broad SMARTS) is 1. The summed E-state index contributed by atoms with van der Waals surface area (Å²) in [6, 6.07) is 12.7. The highest BCUT2D eigenvalue weighted by atomic mass is 35.5. The molecule has 0 bridgehead atoms. The van der Waals surface area contributed by atoms with Gasteiger partial charge in [0.05, 0.1) is 6.42 Å². The van der Waals surface area contributed by atoms with Crippen LogP contribution in [-0.4, -0.2) is 23.5 Å². The predicted molar refractivity (Wildman–Crippen MR) is 101 cm³/mol. The smallest absolute Gasteiger partial charge is 0.303 e. The van der Waals surface area contributed by atoms with Crippen molar-refractivity contribution in [3.8, 4) is 5.75 Å². The molecular formula is C19H19Cl2NO4. The number of halogens is 2. The molecular weight excluding hydrogens is 377 g/mol. The summed E-state index contributed by atoms with van der Waals surface area (Å²) in [4.78, 5) is 22.1. The maximum Gasteiger partial charge on any atom is 0.303 e. The highest BCUT2D eigenvalue weighted by Crippen LogP contribution is 2.24. The van der Waals surface area contributed by atoms with E-state index in [-0.39, 0.29) is 18.7 Å². The average molecular weight is 396 g/mol. The molecule has 0 radical (unpaired) electrons. The van der Waals surface area contributed by atoms with E-state index in [2.05, 4.69) is 5.32 Å². The zero-order valence-electron chi connectivity index (χ0n) is 14.0. The number of hydrogen-bond donors (Lipinski definition) is 2. The van der Waals surface area contributed by atoms with Gasteiger partial charge in [-0.2, -0.15) is 0 Å². The molecule has 5 nitrogen and oxygen atoms in total. The summed E-state index contributed by atoms with van der Waals surface area (Å²) in [6.45, 7) is 0.757. The van der Waals surface area contributed by atoms with Gasteiger partial charge in [-0.15, -0.1) is 0 Å². The molecule has 2 aromatic carbocycles. The molecule has 0 spiro atoms. The normalized spacial score (nSPS) is 10.4. The third kappa shape index (κ3) is 6.94. The minimum atomic E-state index is -0.993. The minimum Gasteiger partial charge on any atom is -0.489 e. The van der Waals surface area contributed by atoms with Crippen LogP contribution < -0.4 is 10.1 Å². The molecule has 0 saturated carbocycles. The van der Waals surface area contributed by atoms with Crippen molar-refractivity contribution in [1.29, 1.82) is 0 Å². The first-order chi connectivity index (χ1) is 12.4. The second-order valence-electron chi connectivity index (χ2n) is 5.66. The molecule has 0 aliphatic rings. The lowest BCUT2D eigenvalue weighted by atomic mass is 10.1. The summed E-state index contributed by atoms with van der Waals surface area (Å²) in [6.07, 6.45) is 0.304. The Labute approximate surface area is 161 Å². The van der Waals surface area contributed by atoms with Gasteiger partial charge in [0.2, 0.25) is 5.91 Å². The lowest BCUT2D eigenvalue weighted by Gasteiger charge is -2.13. The van der Waals surface area contributed by atoms with Crippen molar-refractivity contribution in [2.24, 2.45) is 0 Å². The van der Waals surface area contributed by atoms with Gasteiger partial charge in [0, 0.05) is 23.0 Å². The Hall–Kier alpha value is -2.24. The van der Waals surface area contributed by atoms with Crippen LogP contribution in [0.1, 0.15) is 24.0 Å². The maximum atomic E-state index is 11.6. The molecule has 2 N–H and O–H groups in total. The number of carboxylic acids is 1. The molecule has 2 rings (SSSR count). The first kappa shape index (κ1) is 20.1. The number of rotatable bonds is 9. The van der Waals surface area contributed by atoms with Gasteiger partial charge in [0.15, 0.2) is 0 Å². The van der Waals surface area contributed by atoms with Crippen LogP contribution in [0.3, 0.4) is 0 Å². The molecule has 26 heavy (non-hydrogen) atoms. The third-order valence-corrected chi connectivity index (χ3v) is 4.10. The molecule has 0 atom stereocenters. The number of nitrogens with one attached hydrogen (secondary N) is 1. The highest BCUT2D eigenvalue weighted by molar-refractivity contribution is 6.30. The largest absolute Gasteiger partial charge is 0.489 e. The van der Waals surface area contributed by atoms with E-state index in [9.17, 15) is 9.59 Å². The van der Waals surface area contributed by atoms with E-state index in [1.807, 2.05) is 12.1 Å². The first-order valence-electron chi connectivity index (χ1n) is 8.08. The van der Waals surface area contributed by atoms with Crippen LogP contribution in [0, 0.1) is 0 Å². The summed E-state index contributed by atoms with van der Waals surface area (Å²) < 4.78 is 5.86. The fraction of sp³-hybridized carbons (Fsp3) is 0.263. The number of amides is 1. The standard InChI is InChI=1S/C19H19Cl2NO4/c20-15-3-1-13(2-4-15)12-26-17-6-5-16(21)11-14(17)9-10-22-18(23)7-8-19(24)25/h1-6,11H,7-10,12H2,(H,22,23)(H,24,25). The summed E-state index contributed by atoms with van der Waals surface area (Å²) in [5.41, 5.74) is 1.85. The Morgan fingerprint density at radius 1 is 1.00 bits per heavy atom. The van der Waals surface area contributed by atoms with Gasteiger partial charge in [-0.1, -0.05) is 35.3 Å². The summed E-state index contributed by atoms with van der Waals surface area (Å²) in [7, 11) is 0. The zero-order chi connectivity index (χ0) is 18.9. The Balaban J connectivity index is 1.91. The van der Waals surface area contributed by atoms with Crippen molar-refractivity contribution in [2.75, 3.05) is 6.54 Å².